The lowest BCUT2D eigenvalue weighted by Gasteiger charge is -2.35. The minimum Gasteiger partial charge on any atom is -0.314 e. The maximum absolute atomic E-state index is 3.70. The molecule has 0 atom stereocenters. The zero-order chi connectivity index (χ0) is 12.1. The molecule has 1 aromatic heterocycles. The summed E-state index contributed by atoms with van der Waals surface area (Å²) in [7, 11) is 0. The monoisotopic (exact) mass is 252 g/mol. The van der Waals surface area contributed by atoms with Crippen LogP contribution < -0.4 is 5.32 Å². The van der Waals surface area contributed by atoms with Gasteiger partial charge in [-0.05, 0) is 75.1 Å². The zero-order valence-corrected chi connectivity index (χ0v) is 11.8. The molecule has 1 N–H and O–H groups in total. The third-order valence-electron chi connectivity index (χ3n) is 3.69. The van der Waals surface area contributed by atoms with Gasteiger partial charge in [0.2, 0.25) is 0 Å². The topological polar surface area (TPSA) is 15.3 Å². The van der Waals surface area contributed by atoms with E-state index in [1.165, 1.54) is 37.9 Å². The summed E-state index contributed by atoms with van der Waals surface area (Å²) >= 11 is 1.79. The number of rotatable bonds is 5. The largest absolute Gasteiger partial charge is 0.314 e. The SMILES string of the molecule is CC(C)N1CCC(NCCc2ccsc2)CC1. The van der Waals surface area contributed by atoms with E-state index in [0.717, 1.165) is 12.6 Å². The van der Waals surface area contributed by atoms with Gasteiger partial charge in [-0.15, -0.1) is 0 Å². The Balaban J connectivity index is 1.62. The molecule has 2 rings (SSSR count). The van der Waals surface area contributed by atoms with Crippen molar-refractivity contribution in [1.82, 2.24) is 10.2 Å². The number of nitrogens with one attached hydrogen (secondary N) is 1. The Morgan fingerprint density at radius 3 is 2.76 bits per heavy atom. The van der Waals surface area contributed by atoms with Gasteiger partial charge in [-0.2, -0.15) is 11.3 Å². The lowest BCUT2D eigenvalue weighted by molar-refractivity contribution is 0.161. The zero-order valence-electron chi connectivity index (χ0n) is 11.0. The van der Waals surface area contributed by atoms with Crippen LogP contribution in [0.15, 0.2) is 16.8 Å². The molecule has 2 heterocycles. The first-order valence-electron chi connectivity index (χ1n) is 6.74. The van der Waals surface area contributed by atoms with Crippen LogP contribution in [-0.2, 0) is 6.42 Å². The molecule has 0 radical (unpaired) electrons. The van der Waals surface area contributed by atoms with E-state index in [-0.39, 0.29) is 0 Å². The van der Waals surface area contributed by atoms with Crippen molar-refractivity contribution in [2.45, 2.75) is 45.2 Å². The summed E-state index contributed by atoms with van der Waals surface area (Å²) in [5.41, 5.74) is 1.47. The molecule has 0 amide bonds. The molecule has 1 aliphatic heterocycles. The Morgan fingerprint density at radius 2 is 2.18 bits per heavy atom. The third kappa shape index (κ3) is 4.09. The van der Waals surface area contributed by atoms with Crippen LogP contribution in [0.25, 0.3) is 0 Å². The lowest BCUT2D eigenvalue weighted by atomic mass is 10.0. The van der Waals surface area contributed by atoms with E-state index in [9.17, 15) is 0 Å². The smallest absolute Gasteiger partial charge is 0.00915 e. The summed E-state index contributed by atoms with van der Waals surface area (Å²) in [5.74, 6) is 0. The Kier molecular flexibility index (Phi) is 5.01. The molecule has 1 aliphatic rings. The van der Waals surface area contributed by atoms with Crippen LogP contribution >= 0.6 is 11.3 Å². The highest BCUT2D eigenvalue weighted by Gasteiger charge is 2.19. The van der Waals surface area contributed by atoms with E-state index < -0.39 is 0 Å². The highest BCUT2D eigenvalue weighted by atomic mass is 32.1. The fourth-order valence-electron chi connectivity index (χ4n) is 2.48. The quantitative estimate of drug-likeness (QED) is 0.867. The van der Waals surface area contributed by atoms with Gasteiger partial charge < -0.3 is 10.2 Å². The summed E-state index contributed by atoms with van der Waals surface area (Å²) in [5, 5.41) is 8.11. The highest BCUT2D eigenvalue weighted by Crippen LogP contribution is 2.13. The van der Waals surface area contributed by atoms with Crippen LogP contribution in [0.4, 0.5) is 0 Å². The van der Waals surface area contributed by atoms with Gasteiger partial charge in [-0.1, -0.05) is 0 Å². The van der Waals surface area contributed by atoms with Crippen LogP contribution in [0, 0.1) is 0 Å². The van der Waals surface area contributed by atoms with Crippen molar-refractivity contribution in [1.29, 1.82) is 0 Å². The van der Waals surface area contributed by atoms with Crippen molar-refractivity contribution in [2.75, 3.05) is 19.6 Å². The maximum atomic E-state index is 3.70. The second-order valence-electron chi connectivity index (χ2n) is 5.24. The number of likely N-dealkylation sites (tertiary alicyclic amines) is 1. The predicted octanol–water partition coefficient (Wildman–Crippen LogP) is 2.75. The molecule has 17 heavy (non-hydrogen) atoms. The Morgan fingerprint density at radius 1 is 1.41 bits per heavy atom. The van der Waals surface area contributed by atoms with E-state index >= 15 is 0 Å². The molecule has 3 heteroatoms. The van der Waals surface area contributed by atoms with Crippen molar-refractivity contribution < 1.29 is 0 Å². The van der Waals surface area contributed by atoms with Crippen LogP contribution in [0.1, 0.15) is 32.3 Å². The van der Waals surface area contributed by atoms with Crippen molar-refractivity contribution in [3.63, 3.8) is 0 Å². The van der Waals surface area contributed by atoms with Crippen molar-refractivity contribution in [3.05, 3.63) is 22.4 Å². The van der Waals surface area contributed by atoms with Gasteiger partial charge in [0.1, 0.15) is 0 Å². The molecule has 96 valence electrons. The van der Waals surface area contributed by atoms with Crippen molar-refractivity contribution in [2.24, 2.45) is 0 Å². The fourth-order valence-corrected chi connectivity index (χ4v) is 3.18. The summed E-state index contributed by atoms with van der Waals surface area (Å²) < 4.78 is 0. The van der Waals surface area contributed by atoms with E-state index in [1.54, 1.807) is 11.3 Å². The molecule has 0 aliphatic carbocycles. The molecule has 2 nitrogen and oxygen atoms in total. The molecule has 0 unspecified atom stereocenters. The molecule has 0 aromatic carbocycles. The summed E-state index contributed by atoms with van der Waals surface area (Å²) in [6, 6.07) is 3.68. The van der Waals surface area contributed by atoms with Gasteiger partial charge in [0, 0.05) is 12.1 Å². The second kappa shape index (κ2) is 6.53. The van der Waals surface area contributed by atoms with Crippen LogP contribution in [0.5, 0.6) is 0 Å². The average Bonchev–Trinajstić information content (AvgIpc) is 2.83. The van der Waals surface area contributed by atoms with E-state index in [2.05, 4.69) is 40.9 Å². The third-order valence-corrected chi connectivity index (χ3v) is 4.42. The van der Waals surface area contributed by atoms with Crippen molar-refractivity contribution in [3.8, 4) is 0 Å². The van der Waals surface area contributed by atoms with Crippen molar-refractivity contribution >= 4 is 11.3 Å². The summed E-state index contributed by atoms with van der Waals surface area (Å²) in [6.45, 7) is 8.24. The predicted molar refractivity (Wildman–Crippen MR) is 75.8 cm³/mol. The van der Waals surface area contributed by atoms with E-state index in [1.807, 2.05) is 0 Å². The van der Waals surface area contributed by atoms with Crippen LogP contribution in [0.2, 0.25) is 0 Å². The Labute approximate surface area is 109 Å². The first-order chi connectivity index (χ1) is 8.25. The maximum Gasteiger partial charge on any atom is 0.00915 e. The van der Waals surface area contributed by atoms with Gasteiger partial charge in [0.05, 0.1) is 0 Å². The second-order valence-corrected chi connectivity index (χ2v) is 6.02. The first-order valence-corrected chi connectivity index (χ1v) is 7.68. The molecule has 1 fully saturated rings. The highest BCUT2D eigenvalue weighted by molar-refractivity contribution is 7.07. The first kappa shape index (κ1) is 13.1. The fraction of sp³-hybridized carbons (Fsp3) is 0.714. The van der Waals surface area contributed by atoms with Gasteiger partial charge in [0.25, 0.3) is 0 Å². The molecule has 0 saturated carbocycles. The standard InChI is InChI=1S/C14H24N2S/c1-12(2)16-8-4-14(5-9-16)15-7-3-13-6-10-17-11-13/h6,10-12,14-15H,3-5,7-9H2,1-2H3. The lowest BCUT2D eigenvalue weighted by Crippen LogP contribution is -2.45. The molecule has 0 bridgehead atoms. The average molecular weight is 252 g/mol. The minimum atomic E-state index is 0.710. The van der Waals surface area contributed by atoms with Gasteiger partial charge in [0.15, 0.2) is 0 Å². The van der Waals surface area contributed by atoms with Gasteiger partial charge in [-0.3, -0.25) is 0 Å². The summed E-state index contributed by atoms with van der Waals surface area (Å²) in [4.78, 5) is 2.58. The molecular formula is C14H24N2S. The Hall–Kier alpha value is -0.380. The molecule has 1 aromatic rings. The van der Waals surface area contributed by atoms with Crippen LogP contribution in [0.3, 0.4) is 0 Å². The number of hydrogen-bond acceptors (Lipinski definition) is 3. The van der Waals surface area contributed by atoms with Gasteiger partial charge >= 0.3 is 0 Å². The van der Waals surface area contributed by atoms with E-state index in [0.29, 0.717) is 6.04 Å². The molecule has 1 saturated heterocycles. The summed E-state index contributed by atoms with van der Waals surface area (Å²) in [6.07, 6.45) is 3.79. The normalized spacial score (nSPS) is 19.0. The minimum absolute atomic E-state index is 0.710. The van der Waals surface area contributed by atoms with Gasteiger partial charge in [-0.25, -0.2) is 0 Å². The number of thiophene rings is 1. The number of piperidine rings is 1. The number of hydrogen-bond donors (Lipinski definition) is 1. The Bertz CT molecular complexity index is 300. The molecular weight excluding hydrogens is 228 g/mol. The number of nitrogens with zero attached hydrogens (tertiary/aromatic N) is 1. The van der Waals surface area contributed by atoms with E-state index in [4.69, 9.17) is 0 Å². The molecule has 0 spiro atoms. The van der Waals surface area contributed by atoms with Crippen LogP contribution in [-0.4, -0.2) is 36.6 Å².